The number of hydrogen-bond acceptors (Lipinski definition) is 5. The van der Waals surface area contributed by atoms with Crippen molar-refractivity contribution in [3.8, 4) is 11.5 Å². The van der Waals surface area contributed by atoms with E-state index in [2.05, 4.69) is 5.32 Å². The van der Waals surface area contributed by atoms with Gasteiger partial charge in [0.1, 0.15) is 11.5 Å². The van der Waals surface area contributed by atoms with Crippen LogP contribution in [-0.4, -0.2) is 31.7 Å². The van der Waals surface area contributed by atoms with Crippen LogP contribution in [0.4, 0.5) is 5.69 Å². The Morgan fingerprint density at radius 1 is 1.11 bits per heavy atom. The van der Waals surface area contributed by atoms with Crippen LogP contribution in [-0.2, 0) is 14.3 Å². The van der Waals surface area contributed by atoms with E-state index in [1.54, 1.807) is 12.1 Å². The van der Waals surface area contributed by atoms with Crippen molar-refractivity contribution in [2.45, 2.75) is 33.8 Å². The van der Waals surface area contributed by atoms with Crippen LogP contribution in [0.3, 0.4) is 0 Å². The van der Waals surface area contributed by atoms with Crippen molar-refractivity contribution < 1.29 is 23.8 Å². The first-order valence-corrected chi connectivity index (χ1v) is 9.14. The van der Waals surface area contributed by atoms with Gasteiger partial charge in [0, 0.05) is 11.1 Å². The normalized spacial score (nSPS) is 11.5. The van der Waals surface area contributed by atoms with Crippen molar-refractivity contribution in [2.24, 2.45) is 0 Å². The van der Waals surface area contributed by atoms with Gasteiger partial charge in [-0.05, 0) is 50.5 Å². The molecule has 0 aliphatic rings. The summed E-state index contributed by atoms with van der Waals surface area (Å²) in [5.74, 6) is -0.0660. The van der Waals surface area contributed by atoms with Gasteiger partial charge in [0.25, 0.3) is 5.91 Å². The zero-order chi connectivity index (χ0) is 20.8. The topological polar surface area (TPSA) is 73.9 Å². The molecule has 2 rings (SSSR count). The third-order valence-electron chi connectivity index (χ3n) is 4.16. The number of carbonyl (C=O) groups excluding carboxylic acids is 2. The first kappa shape index (κ1) is 21.6. The maximum Gasteiger partial charge on any atom is 0.344 e. The zero-order valence-electron chi connectivity index (χ0n) is 16.6. The largest absolute Gasteiger partial charge is 0.495 e. The number of rotatable bonds is 7. The summed E-state index contributed by atoms with van der Waals surface area (Å²) in [5, 5.41) is 3.21. The van der Waals surface area contributed by atoms with E-state index in [1.807, 2.05) is 39.0 Å². The van der Waals surface area contributed by atoms with Gasteiger partial charge in [-0.3, -0.25) is 4.79 Å². The molecule has 0 fully saturated rings. The maximum atomic E-state index is 12.4. The molecule has 0 aliphatic carbocycles. The summed E-state index contributed by atoms with van der Waals surface area (Å²) < 4.78 is 15.9. The van der Waals surface area contributed by atoms with Crippen molar-refractivity contribution in [3.05, 3.63) is 52.0 Å². The van der Waals surface area contributed by atoms with E-state index in [0.717, 1.165) is 16.7 Å². The Kier molecular flexibility index (Phi) is 7.29. The van der Waals surface area contributed by atoms with E-state index in [4.69, 9.17) is 25.8 Å². The highest BCUT2D eigenvalue weighted by Crippen LogP contribution is 2.31. The summed E-state index contributed by atoms with van der Waals surface area (Å²) in [4.78, 5) is 24.4. The van der Waals surface area contributed by atoms with Crippen LogP contribution in [0.5, 0.6) is 11.5 Å². The van der Waals surface area contributed by atoms with Crippen LogP contribution in [0.1, 0.15) is 23.6 Å². The van der Waals surface area contributed by atoms with Crippen LogP contribution in [0, 0.1) is 20.8 Å². The zero-order valence-corrected chi connectivity index (χ0v) is 17.3. The van der Waals surface area contributed by atoms with Crippen LogP contribution < -0.4 is 14.8 Å². The average Bonchev–Trinajstić information content (AvgIpc) is 2.63. The van der Waals surface area contributed by atoms with Gasteiger partial charge in [-0.2, -0.15) is 0 Å². The minimum atomic E-state index is -1.00. The number of methoxy groups -OCH3 is 1. The van der Waals surface area contributed by atoms with E-state index in [9.17, 15) is 9.59 Å². The summed E-state index contributed by atoms with van der Waals surface area (Å²) >= 11 is 6.06. The lowest BCUT2D eigenvalue weighted by Crippen LogP contribution is -2.31. The number of nitrogens with one attached hydrogen (secondary N) is 1. The fourth-order valence-corrected chi connectivity index (χ4v) is 2.76. The van der Waals surface area contributed by atoms with Crippen LogP contribution in [0.25, 0.3) is 0 Å². The number of ether oxygens (including phenoxy) is 3. The third kappa shape index (κ3) is 5.39. The first-order chi connectivity index (χ1) is 13.2. The molecule has 0 radical (unpaired) electrons. The molecular formula is C21H24ClNO5. The maximum absolute atomic E-state index is 12.4. The summed E-state index contributed by atoms with van der Waals surface area (Å²) in [5.41, 5.74) is 3.07. The molecule has 0 aromatic heterocycles. The predicted octanol–water partition coefficient (Wildman–Crippen LogP) is 4.22. The Hall–Kier alpha value is -2.73. The molecule has 2 aromatic rings. The van der Waals surface area contributed by atoms with Crippen molar-refractivity contribution in [3.63, 3.8) is 0 Å². The van der Waals surface area contributed by atoms with Gasteiger partial charge in [-0.15, -0.1) is 0 Å². The number of carbonyl (C=O) groups is 2. The lowest BCUT2D eigenvalue weighted by molar-refractivity contribution is -0.155. The Morgan fingerprint density at radius 3 is 2.36 bits per heavy atom. The Labute approximate surface area is 169 Å². The van der Waals surface area contributed by atoms with Gasteiger partial charge < -0.3 is 19.5 Å². The van der Waals surface area contributed by atoms with Crippen LogP contribution in [0.15, 0.2) is 30.3 Å². The summed E-state index contributed by atoms with van der Waals surface area (Å²) in [6, 6.07) is 9.00. The van der Waals surface area contributed by atoms with Gasteiger partial charge in [-0.25, -0.2) is 4.79 Å². The van der Waals surface area contributed by atoms with Gasteiger partial charge in [0.15, 0.2) is 12.7 Å². The van der Waals surface area contributed by atoms with Crippen molar-refractivity contribution in [1.29, 1.82) is 0 Å². The molecule has 0 bridgehead atoms. The average molecular weight is 406 g/mol. The Balaban J connectivity index is 1.95. The molecule has 0 aliphatic heterocycles. The van der Waals surface area contributed by atoms with Gasteiger partial charge >= 0.3 is 5.97 Å². The number of benzene rings is 2. The molecule has 0 saturated carbocycles. The smallest absolute Gasteiger partial charge is 0.344 e. The molecule has 6 nitrogen and oxygen atoms in total. The van der Waals surface area contributed by atoms with Crippen LogP contribution in [0.2, 0.25) is 5.02 Å². The SMILES string of the molecule is COc1cc(Cl)c(C)cc1NC(=O)C(C)OC(=O)COc1c(C)cccc1C. The fourth-order valence-electron chi connectivity index (χ4n) is 2.61. The molecule has 0 heterocycles. The van der Waals surface area contributed by atoms with Crippen molar-refractivity contribution >= 4 is 29.2 Å². The number of para-hydroxylation sites is 1. The molecule has 0 saturated heterocycles. The van der Waals surface area contributed by atoms with E-state index >= 15 is 0 Å². The minimum absolute atomic E-state index is 0.285. The van der Waals surface area contributed by atoms with E-state index < -0.39 is 18.0 Å². The highest BCUT2D eigenvalue weighted by molar-refractivity contribution is 6.31. The lowest BCUT2D eigenvalue weighted by atomic mass is 10.1. The molecule has 1 unspecified atom stereocenters. The Bertz CT molecular complexity index is 861. The Morgan fingerprint density at radius 2 is 1.75 bits per heavy atom. The molecule has 1 amide bonds. The third-order valence-corrected chi connectivity index (χ3v) is 4.57. The number of hydrogen-bond donors (Lipinski definition) is 1. The summed E-state index contributed by atoms with van der Waals surface area (Å²) in [6.07, 6.45) is -1.00. The van der Waals surface area contributed by atoms with Gasteiger partial charge in [0.05, 0.1) is 12.8 Å². The summed E-state index contributed by atoms with van der Waals surface area (Å²) in [7, 11) is 1.48. The molecule has 0 spiro atoms. The van der Waals surface area contributed by atoms with E-state index in [0.29, 0.717) is 22.2 Å². The lowest BCUT2D eigenvalue weighted by Gasteiger charge is -2.17. The molecule has 2 aromatic carbocycles. The number of halogens is 1. The molecule has 1 N–H and O–H groups in total. The number of anilines is 1. The molecule has 150 valence electrons. The molecule has 7 heteroatoms. The predicted molar refractivity (Wildman–Crippen MR) is 108 cm³/mol. The second-order valence-electron chi connectivity index (χ2n) is 6.43. The first-order valence-electron chi connectivity index (χ1n) is 8.76. The van der Waals surface area contributed by atoms with Gasteiger partial charge in [-0.1, -0.05) is 29.8 Å². The number of amides is 1. The molecule has 1 atom stereocenters. The standard InChI is InChI=1S/C21H24ClNO5/c1-12-7-6-8-13(2)20(12)27-11-19(24)28-15(4)21(25)23-17-9-14(3)16(22)10-18(17)26-5/h6-10,15H,11H2,1-5H3,(H,23,25). The van der Waals surface area contributed by atoms with Crippen molar-refractivity contribution in [2.75, 3.05) is 19.0 Å². The van der Waals surface area contributed by atoms with E-state index in [1.165, 1.54) is 14.0 Å². The highest BCUT2D eigenvalue weighted by Gasteiger charge is 2.20. The fraction of sp³-hybridized carbons (Fsp3) is 0.333. The minimum Gasteiger partial charge on any atom is -0.495 e. The highest BCUT2D eigenvalue weighted by atomic mass is 35.5. The molecule has 28 heavy (non-hydrogen) atoms. The quantitative estimate of drug-likeness (QED) is 0.698. The van der Waals surface area contributed by atoms with Gasteiger partial charge in [0.2, 0.25) is 0 Å². The van der Waals surface area contributed by atoms with Crippen molar-refractivity contribution in [1.82, 2.24) is 0 Å². The second-order valence-corrected chi connectivity index (χ2v) is 6.84. The number of esters is 1. The number of aryl methyl sites for hydroxylation is 3. The second kappa shape index (κ2) is 9.46. The monoisotopic (exact) mass is 405 g/mol. The van der Waals surface area contributed by atoms with E-state index in [-0.39, 0.29) is 6.61 Å². The van der Waals surface area contributed by atoms with Crippen LogP contribution >= 0.6 is 11.6 Å². The molecular weight excluding hydrogens is 382 g/mol. The summed E-state index contributed by atoms with van der Waals surface area (Å²) in [6.45, 7) is 6.80.